The van der Waals surface area contributed by atoms with Crippen LogP contribution in [0.5, 0.6) is 23.0 Å². The third-order valence-corrected chi connectivity index (χ3v) is 6.06. The molecule has 0 bridgehead atoms. The number of hydrogen-bond acceptors (Lipinski definition) is 7. The minimum absolute atomic E-state index is 0.326. The maximum absolute atomic E-state index is 12.3. The molecule has 0 saturated heterocycles. The highest BCUT2D eigenvalue weighted by molar-refractivity contribution is 6.12. The molecule has 0 spiro atoms. The number of nitrogens with zero attached hydrogens (tertiary/aromatic N) is 1. The number of rotatable bonds is 16. The number of carbonyl (C=O) groups excluding carboxylic acids is 1. The lowest BCUT2D eigenvalue weighted by molar-refractivity contribution is -0.143. The topological polar surface area (TPSA) is 75.6 Å². The predicted octanol–water partition coefficient (Wildman–Crippen LogP) is 7.06. The van der Waals surface area contributed by atoms with Crippen LogP contribution in [0.2, 0.25) is 0 Å². The minimum Gasteiger partial charge on any atom is -0.496 e. The van der Waals surface area contributed by atoms with Gasteiger partial charge in [0, 0.05) is 12.0 Å². The fourth-order valence-electron chi connectivity index (χ4n) is 4.16. The van der Waals surface area contributed by atoms with Crippen LogP contribution < -0.4 is 18.9 Å². The van der Waals surface area contributed by atoms with Gasteiger partial charge in [0.2, 0.25) is 0 Å². The van der Waals surface area contributed by atoms with E-state index in [2.05, 4.69) is 19.0 Å². The van der Waals surface area contributed by atoms with E-state index >= 15 is 0 Å². The Bertz CT molecular complexity index is 985. The molecule has 7 heteroatoms. The second-order valence-corrected chi connectivity index (χ2v) is 8.50. The Hall–Kier alpha value is -2.96. The third-order valence-electron chi connectivity index (χ3n) is 6.06. The van der Waals surface area contributed by atoms with Crippen molar-refractivity contribution in [2.45, 2.75) is 78.1 Å². The van der Waals surface area contributed by atoms with Gasteiger partial charge in [-0.3, -0.25) is 0 Å². The van der Waals surface area contributed by atoms with Crippen LogP contribution in [-0.4, -0.2) is 40.1 Å². The van der Waals surface area contributed by atoms with Crippen molar-refractivity contribution >= 4 is 22.5 Å². The van der Waals surface area contributed by atoms with Gasteiger partial charge in [0.15, 0.2) is 0 Å². The highest BCUT2D eigenvalue weighted by Gasteiger charge is 2.24. The van der Waals surface area contributed by atoms with Crippen molar-refractivity contribution in [2.75, 3.05) is 28.4 Å². The van der Waals surface area contributed by atoms with Crippen LogP contribution in [0.1, 0.15) is 83.6 Å². The van der Waals surface area contributed by atoms with Gasteiger partial charge in [0.1, 0.15) is 23.0 Å². The van der Waals surface area contributed by atoms with Crippen molar-refractivity contribution in [2.24, 2.45) is 5.16 Å². The monoisotopic (exact) mass is 487 g/mol. The normalized spacial score (nSPS) is 11.4. The van der Waals surface area contributed by atoms with Crippen LogP contribution in [0.4, 0.5) is 0 Å². The molecule has 2 aromatic carbocycles. The second kappa shape index (κ2) is 15.1. The van der Waals surface area contributed by atoms with Crippen LogP contribution in [-0.2, 0) is 9.63 Å². The number of fused-ring (bicyclic) bond motifs is 1. The maximum atomic E-state index is 12.3. The maximum Gasteiger partial charge on any atom is 0.335 e. The molecule has 0 amide bonds. The summed E-state index contributed by atoms with van der Waals surface area (Å²) in [5.41, 5.74) is 1.35. The average molecular weight is 488 g/mol. The number of carbonyl (C=O) groups is 1. The van der Waals surface area contributed by atoms with Gasteiger partial charge in [-0.05, 0) is 37.5 Å². The number of benzene rings is 2. The largest absolute Gasteiger partial charge is 0.496 e. The summed E-state index contributed by atoms with van der Waals surface area (Å²) in [6, 6.07) is 5.55. The van der Waals surface area contributed by atoms with E-state index in [9.17, 15) is 4.79 Å². The first-order valence-corrected chi connectivity index (χ1v) is 12.6. The molecule has 0 heterocycles. The summed E-state index contributed by atoms with van der Waals surface area (Å²) in [7, 11) is 6.45. The molecule has 194 valence electrons. The quantitative estimate of drug-likeness (QED) is 0.109. The van der Waals surface area contributed by atoms with E-state index in [-0.39, 0.29) is 5.97 Å². The molecule has 0 N–H and O–H groups in total. The van der Waals surface area contributed by atoms with E-state index in [4.69, 9.17) is 23.8 Å². The first-order chi connectivity index (χ1) is 17.1. The van der Waals surface area contributed by atoms with Gasteiger partial charge < -0.3 is 23.8 Å². The smallest absolute Gasteiger partial charge is 0.335 e. The Balaban J connectivity index is 2.58. The molecule has 0 atom stereocenters. The zero-order valence-electron chi connectivity index (χ0n) is 22.2. The highest BCUT2D eigenvalue weighted by atomic mass is 16.7. The van der Waals surface area contributed by atoms with E-state index in [1.807, 2.05) is 18.2 Å². The molecule has 0 radical (unpaired) electrons. The van der Waals surface area contributed by atoms with Crippen LogP contribution in [0.3, 0.4) is 0 Å². The summed E-state index contributed by atoms with van der Waals surface area (Å²) in [4.78, 5) is 17.7. The van der Waals surface area contributed by atoms with Crippen LogP contribution in [0.25, 0.3) is 10.8 Å². The summed E-state index contributed by atoms with van der Waals surface area (Å²) in [6.07, 6.45) is 9.33. The summed E-state index contributed by atoms with van der Waals surface area (Å²) in [5.74, 6) is 2.11. The van der Waals surface area contributed by atoms with Crippen LogP contribution in [0, 0.1) is 0 Å². The van der Waals surface area contributed by atoms with Gasteiger partial charge in [0.05, 0.1) is 44.9 Å². The molecule has 0 saturated carbocycles. The lowest BCUT2D eigenvalue weighted by Crippen LogP contribution is -2.09. The van der Waals surface area contributed by atoms with Gasteiger partial charge in [-0.15, -0.1) is 0 Å². The average Bonchev–Trinajstić information content (AvgIpc) is 2.88. The zero-order valence-corrected chi connectivity index (χ0v) is 22.2. The molecule has 2 rings (SSSR count). The van der Waals surface area contributed by atoms with Gasteiger partial charge in [0.25, 0.3) is 0 Å². The molecule has 0 aliphatic carbocycles. The Labute approximate surface area is 209 Å². The van der Waals surface area contributed by atoms with E-state index in [0.717, 1.165) is 49.3 Å². The minimum atomic E-state index is -0.326. The summed E-state index contributed by atoms with van der Waals surface area (Å²) < 4.78 is 22.9. The molecule has 2 aromatic rings. The van der Waals surface area contributed by atoms with E-state index in [1.165, 1.54) is 12.8 Å². The first kappa shape index (κ1) is 28.3. The summed E-state index contributed by atoms with van der Waals surface area (Å²) in [5, 5.41) is 5.80. The van der Waals surface area contributed by atoms with Gasteiger partial charge in [-0.2, -0.15) is 0 Å². The van der Waals surface area contributed by atoms with Crippen molar-refractivity contribution in [1.29, 1.82) is 0 Å². The van der Waals surface area contributed by atoms with Crippen molar-refractivity contribution in [3.63, 3.8) is 0 Å². The number of hydrogen-bond donors (Lipinski definition) is 0. The van der Waals surface area contributed by atoms with Gasteiger partial charge in [-0.1, -0.05) is 57.5 Å². The van der Waals surface area contributed by atoms with Gasteiger partial charge in [-0.25, -0.2) is 4.79 Å². The molecule has 7 nitrogen and oxygen atoms in total. The van der Waals surface area contributed by atoms with Crippen LogP contribution >= 0.6 is 0 Å². The number of oxime groups is 1. The molecular formula is C28H41NO6. The number of ether oxygens (including phenoxy) is 4. The fraction of sp³-hybridized carbons (Fsp3) is 0.571. The second-order valence-electron chi connectivity index (χ2n) is 8.50. The molecule has 0 unspecified atom stereocenters. The Kier molecular flexibility index (Phi) is 12.2. The van der Waals surface area contributed by atoms with Crippen molar-refractivity contribution in [3.8, 4) is 23.0 Å². The molecular weight excluding hydrogens is 446 g/mol. The Morgan fingerprint density at radius 3 is 1.89 bits per heavy atom. The molecule has 0 fully saturated rings. The first-order valence-electron chi connectivity index (χ1n) is 12.6. The van der Waals surface area contributed by atoms with E-state index in [1.54, 1.807) is 28.4 Å². The lowest BCUT2D eigenvalue weighted by atomic mass is 9.96. The standard InChI is InChI=1S/C28H41NO6/c1-7-9-11-12-14-15-21(29-35-25(30)16-13-10-8-2)20-19-24(33-5)26-22(31-3)17-18-23(32-4)27(26)28(20)34-6/h17-19H,7-16H2,1-6H3. The number of methoxy groups -OCH3 is 4. The lowest BCUT2D eigenvalue weighted by Gasteiger charge is -2.19. The van der Waals surface area contributed by atoms with Gasteiger partial charge >= 0.3 is 5.97 Å². The van der Waals surface area contributed by atoms with Crippen molar-refractivity contribution in [3.05, 3.63) is 23.8 Å². The molecule has 0 aromatic heterocycles. The van der Waals surface area contributed by atoms with E-state index < -0.39 is 0 Å². The summed E-state index contributed by atoms with van der Waals surface area (Å²) >= 11 is 0. The van der Waals surface area contributed by atoms with E-state index in [0.29, 0.717) is 47.1 Å². The Morgan fingerprint density at radius 1 is 0.714 bits per heavy atom. The predicted molar refractivity (Wildman–Crippen MR) is 140 cm³/mol. The Morgan fingerprint density at radius 2 is 1.29 bits per heavy atom. The zero-order chi connectivity index (χ0) is 25.6. The van der Waals surface area contributed by atoms with Crippen LogP contribution in [0.15, 0.2) is 23.4 Å². The fourth-order valence-corrected chi connectivity index (χ4v) is 4.16. The molecule has 35 heavy (non-hydrogen) atoms. The highest BCUT2D eigenvalue weighted by Crippen LogP contribution is 2.46. The molecule has 0 aliphatic rings. The van der Waals surface area contributed by atoms with Crippen molar-refractivity contribution in [1.82, 2.24) is 0 Å². The molecule has 0 aliphatic heterocycles. The summed E-state index contributed by atoms with van der Waals surface area (Å²) in [6.45, 7) is 4.29. The number of unbranched alkanes of at least 4 members (excludes halogenated alkanes) is 6. The SMILES string of the molecule is CCCCCCCC(=NOC(=O)CCCCC)c1cc(OC)c2c(OC)ccc(OC)c2c1OC. The van der Waals surface area contributed by atoms with Crippen molar-refractivity contribution < 1.29 is 28.6 Å². The third kappa shape index (κ3) is 7.51.